The van der Waals surface area contributed by atoms with Crippen LogP contribution in [0.4, 0.5) is 5.69 Å². The molecule has 2 N–H and O–H groups in total. The van der Waals surface area contributed by atoms with E-state index in [0.717, 1.165) is 28.8 Å². The lowest BCUT2D eigenvalue weighted by Crippen LogP contribution is -2.33. The molecule has 7 heteroatoms. The number of halogens is 1. The minimum atomic E-state index is -0.412. The van der Waals surface area contributed by atoms with Crippen LogP contribution < -0.4 is 20.1 Å². The fourth-order valence-electron chi connectivity index (χ4n) is 3.19. The lowest BCUT2D eigenvalue weighted by Gasteiger charge is -2.14. The number of anilines is 1. The molecule has 148 valence electrons. The molecule has 0 aromatic heterocycles. The van der Waals surface area contributed by atoms with Crippen molar-refractivity contribution in [2.24, 2.45) is 0 Å². The maximum Gasteiger partial charge on any atom is 0.251 e. The Morgan fingerprint density at radius 3 is 2.43 bits per heavy atom. The standard InChI is InChI=1S/C21H23ClN2O4/c1-12-7-13(2)19(14(3)8-12)24-18(25)11-23-21(26)15-9-16(22)20-17(10-15)27-5-4-6-28-20/h7-10H,4-6,11H2,1-3H3,(H,23,26)(H,24,25). The second-order valence-corrected chi connectivity index (χ2v) is 7.25. The van der Waals surface area contributed by atoms with Crippen molar-refractivity contribution in [3.8, 4) is 11.5 Å². The van der Waals surface area contributed by atoms with Crippen LogP contribution in [0.15, 0.2) is 24.3 Å². The number of carbonyl (C=O) groups excluding carboxylic acids is 2. The van der Waals surface area contributed by atoms with E-state index in [1.807, 2.05) is 32.9 Å². The minimum Gasteiger partial charge on any atom is -0.489 e. The van der Waals surface area contributed by atoms with Gasteiger partial charge < -0.3 is 20.1 Å². The van der Waals surface area contributed by atoms with Crippen molar-refractivity contribution in [3.05, 3.63) is 51.5 Å². The summed E-state index contributed by atoms with van der Waals surface area (Å²) >= 11 is 6.22. The van der Waals surface area contributed by atoms with E-state index in [9.17, 15) is 9.59 Å². The molecule has 6 nitrogen and oxygen atoms in total. The summed E-state index contributed by atoms with van der Waals surface area (Å²) in [5, 5.41) is 5.78. The number of benzene rings is 2. The first-order valence-electron chi connectivity index (χ1n) is 9.10. The average molecular weight is 403 g/mol. The molecule has 2 aromatic carbocycles. The van der Waals surface area contributed by atoms with Gasteiger partial charge in [-0.3, -0.25) is 9.59 Å². The Morgan fingerprint density at radius 1 is 1.04 bits per heavy atom. The molecule has 2 amide bonds. The number of rotatable bonds is 4. The molecule has 0 atom stereocenters. The summed E-state index contributed by atoms with van der Waals surface area (Å²) in [5.74, 6) is 0.165. The highest BCUT2D eigenvalue weighted by Crippen LogP contribution is 2.37. The van der Waals surface area contributed by atoms with E-state index in [0.29, 0.717) is 35.3 Å². The van der Waals surface area contributed by atoms with E-state index in [1.54, 1.807) is 6.07 Å². The van der Waals surface area contributed by atoms with Crippen molar-refractivity contribution >= 4 is 29.1 Å². The molecule has 0 spiro atoms. The number of ether oxygens (including phenoxy) is 2. The Hall–Kier alpha value is -2.73. The molecule has 0 aliphatic carbocycles. The maximum absolute atomic E-state index is 12.5. The van der Waals surface area contributed by atoms with E-state index in [2.05, 4.69) is 10.6 Å². The van der Waals surface area contributed by atoms with Gasteiger partial charge >= 0.3 is 0 Å². The van der Waals surface area contributed by atoms with Crippen molar-refractivity contribution in [1.29, 1.82) is 0 Å². The van der Waals surface area contributed by atoms with Gasteiger partial charge in [-0.15, -0.1) is 0 Å². The number of hydrogen-bond acceptors (Lipinski definition) is 4. The Morgan fingerprint density at radius 2 is 1.71 bits per heavy atom. The van der Waals surface area contributed by atoms with Gasteiger partial charge in [-0.05, 0) is 44.0 Å². The predicted molar refractivity (Wildman–Crippen MR) is 109 cm³/mol. The smallest absolute Gasteiger partial charge is 0.251 e. The molecule has 0 saturated heterocycles. The zero-order chi connectivity index (χ0) is 20.3. The van der Waals surface area contributed by atoms with E-state index in [4.69, 9.17) is 21.1 Å². The normalized spacial score (nSPS) is 12.9. The molecule has 2 aromatic rings. The molecule has 0 unspecified atom stereocenters. The second-order valence-electron chi connectivity index (χ2n) is 6.84. The zero-order valence-electron chi connectivity index (χ0n) is 16.1. The van der Waals surface area contributed by atoms with Crippen LogP contribution in [0.1, 0.15) is 33.5 Å². The highest BCUT2D eigenvalue weighted by molar-refractivity contribution is 6.32. The Balaban J connectivity index is 1.65. The summed E-state index contributed by atoms with van der Waals surface area (Å²) in [4.78, 5) is 24.7. The van der Waals surface area contributed by atoms with Crippen molar-refractivity contribution in [3.63, 3.8) is 0 Å². The third-order valence-corrected chi connectivity index (χ3v) is 4.70. The van der Waals surface area contributed by atoms with Gasteiger partial charge in [0.1, 0.15) is 0 Å². The molecule has 3 rings (SSSR count). The summed E-state index contributed by atoms with van der Waals surface area (Å²) in [7, 11) is 0. The van der Waals surface area contributed by atoms with Crippen molar-refractivity contribution in [2.45, 2.75) is 27.2 Å². The summed E-state index contributed by atoms with van der Waals surface area (Å²) in [6.45, 7) is 6.73. The van der Waals surface area contributed by atoms with E-state index < -0.39 is 5.91 Å². The predicted octanol–water partition coefficient (Wildman–Crippen LogP) is 3.80. The highest BCUT2D eigenvalue weighted by Gasteiger charge is 2.19. The summed E-state index contributed by atoms with van der Waals surface area (Å²) < 4.78 is 11.1. The second kappa shape index (κ2) is 8.52. The largest absolute Gasteiger partial charge is 0.489 e. The highest BCUT2D eigenvalue weighted by atomic mass is 35.5. The zero-order valence-corrected chi connectivity index (χ0v) is 16.9. The van der Waals surface area contributed by atoms with Crippen LogP contribution in [0, 0.1) is 20.8 Å². The number of hydrogen-bond donors (Lipinski definition) is 2. The van der Waals surface area contributed by atoms with Gasteiger partial charge in [-0.1, -0.05) is 29.3 Å². The number of carbonyl (C=O) groups is 2. The molecule has 1 aliphatic heterocycles. The summed E-state index contributed by atoms with van der Waals surface area (Å²) in [5.41, 5.74) is 4.17. The first-order chi connectivity index (χ1) is 13.3. The molecule has 1 aliphatic rings. The minimum absolute atomic E-state index is 0.155. The van der Waals surface area contributed by atoms with Gasteiger partial charge in [0.05, 0.1) is 24.8 Å². The molecular formula is C21H23ClN2O4. The number of nitrogens with one attached hydrogen (secondary N) is 2. The molecule has 1 heterocycles. The molecule has 28 heavy (non-hydrogen) atoms. The Kier molecular flexibility index (Phi) is 6.09. The third-order valence-electron chi connectivity index (χ3n) is 4.42. The van der Waals surface area contributed by atoms with Crippen molar-refractivity contribution in [1.82, 2.24) is 5.32 Å². The van der Waals surface area contributed by atoms with Crippen LogP contribution in [0.3, 0.4) is 0 Å². The van der Waals surface area contributed by atoms with Crippen LogP contribution >= 0.6 is 11.6 Å². The molecule has 0 saturated carbocycles. The van der Waals surface area contributed by atoms with E-state index in [-0.39, 0.29) is 12.5 Å². The molecular weight excluding hydrogens is 380 g/mol. The van der Waals surface area contributed by atoms with E-state index in [1.165, 1.54) is 6.07 Å². The van der Waals surface area contributed by atoms with Gasteiger partial charge in [-0.2, -0.15) is 0 Å². The van der Waals surface area contributed by atoms with Crippen LogP contribution in [-0.2, 0) is 4.79 Å². The van der Waals surface area contributed by atoms with Crippen LogP contribution in [-0.4, -0.2) is 31.6 Å². The maximum atomic E-state index is 12.5. The van der Waals surface area contributed by atoms with Crippen LogP contribution in [0.2, 0.25) is 5.02 Å². The Bertz CT molecular complexity index is 904. The van der Waals surface area contributed by atoms with Crippen LogP contribution in [0.25, 0.3) is 0 Å². The quantitative estimate of drug-likeness (QED) is 0.815. The first-order valence-corrected chi connectivity index (χ1v) is 9.48. The Labute approximate surface area is 169 Å². The number of aryl methyl sites for hydroxylation is 3. The number of amides is 2. The van der Waals surface area contributed by atoms with Gasteiger partial charge in [0.15, 0.2) is 11.5 Å². The van der Waals surface area contributed by atoms with Gasteiger partial charge in [0, 0.05) is 17.7 Å². The summed E-state index contributed by atoms with van der Waals surface area (Å²) in [6, 6.07) is 7.09. The van der Waals surface area contributed by atoms with E-state index >= 15 is 0 Å². The SMILES string of the molecule is Cc1cc(C)c(NC(=O)CNC(=O)c2cc(Cl)c3c(c2)OCCCO3)c(C)c1. The lowest BCUT2D eigenvalue weighted by atomic mass is 10.1. The monoisotopic (exact) mass is 402 g/mol. The molecule has 0 fully saturated rings. The van der Waals surface area contributed by atoms with Gasteiger partial charge in [0.2, 0.25) is 5.91 Å². The number of fused-ring (bicyclic) bond motifs is 1. The van der Waals surface area contributed by atoms with Gasteiger partial charge in [-0.25, -0.2) is 0 Å². The molecule has 0 bridgehead atoms. The third kappa shape index (κ3) is 4.57. The topological polar surface area (TPSA) is 76.7 Å². The van der Waals surface area contributed by atoms with Gasteiger partial charge in [0.25, 0.3) is 5.91 Å². The summed E-state index contributed by atoms with van der Waals surface area (Å²) in [6.07, 6.45) is 0.741. The van der Waals surface area contributed by atoms with Crippen LogP contribution in [0.5, 0.6) is 11.5 Å². The fraction of sp³-hybridized carbons (Fsp3) is 0.333. The van der Waals surface area contributed by atoms with Crippen molar-refractivity contribution < 1.29 is 19.1 Å². The average Bonchev–Trinajstić information content (AvgIpc) is 2.88. The fourth-order valence-corrected chi connectivity index (χ4v) is 3.45. The molecule has 0 radical (unpaired) electrons. The van der Waals surface area contributed by atoms with Crippen molar-refractivity contribution in [2.75, 3.05) is 25.1 Å². The first kappa shape index (κ1) is 20.0. The lowest BCUT2D eigenvalue weighted by molar-refractivity contribution is -0.115.